The smallest absolute Gasteiger partial charge is 0.195 e. The van der Waals surface area contributed by atoms with Gasteiger partial charge in [0.2, 0.25) is 0 Å². The van der Waals surface area contributed by atoms with Gasteiger partial charge in [-0.05, 0) is 25.7 Å². The molecule has 0 atom stereocenters. The zero-order valence-corrected chi connectivity index (χ0v) is 16.4. The lowest BCUT2D eigenvalue weighted by molar-refractivity contribution is 0.297. The van der Waals surface area contributed by atoms with Crippen LogP contribution in [0.15, 0.2) is 23.2 Å². The van der Waals surface area contributed by atoms with E-state index in [-0.39, 0.29) is 24.0 Å². The molecule has 0 fully saturated rings. The number of fused-ring (bicyclic) bond motifs is 1. The maximum absolute atomic E-state index is 5.70. The summed E-state index contributed by atoms with van der Waals surface area (Å²) in [5, 5.41) is 6.58. The number of aliphatic imine (C=N–C) groups is 1. The minimum Gasteiger partial charge on any atom is -0.490 e. The molecule has 0 spiro atoms. The fraction of sp³-hybridized carbons (Fsp3) is 0.562. The van der Waals surface area contributed by atoms with Crippen molar-refractivity contribution in [2.45, 2.75) is 13.3 Å². The van der Waals surface area contributed by atoms with Crippen LogP contribution in [0, 0.1) is 0 Å². The van der Waals surface area contributed by atoms with Gasteiger partial charge in [-0.25, -0.2) is 0 Å². The zero-order chi connectivity index (χ0) is 15.8. The standard InChI is InChI=1S/C16H26N4O2.HI/c1-4-20(3)9-8-18-16(17-2)19-13-6-7-14-15(12-13)22-11-5-10-21-14;/h6-7,12H,4-5,8-11H2,1-3H3,(H2,17,18,19);1H. The molecule has 2 N–H and O–H groups in total. The van der Waals surface area contributed by atoms with Gasteiger partial charge >= 0.3 is 0 Å². The van der Waals surface area contributed by atoms with Gasteiger partial charge in [0.1, 0.15) is 0 Å². The number of guanidine groups is 1. The molecule has 0 bridgehead atoms. The third-order valence-corrected chi connectivity index (χ3v) is 3.56. The first-order valence-electron chi connectivity index (χ1n) is 7.78. The monoisotopic (exact) mass is 434 g/mol. The Morgan fingerprint density at radius 1 is 1.26 bits per heavy atom. The van der Waals surface area contributed by atoms with Crippen molar-refractivity contribution in [3.05, 3.63) is 18.2 Å². The molecule has 0 saturated heterocycles. The van der Waals surface area contributed by atoms with E-state index in [1.165, 1.54) is 0 Å². The van der Waals surface area contributed by atoms with E-state index in [2.05, 4.69) is 34.5 Å². The van der Waals surface area contributed by atoms with Crippen LogP contribution in [0.4, 0.5) is 5.69 Å². The number of hydrogen-bond acceptors (Lipinski definition) is 4. The van der Waals surface area contributed by atoms with Crippen molar-refractivity contribution in [1.82, 2.24) is 10.2 Å². The molecule has 2 rings (SSSR count). The Balaban J connectivity index is 0.00000264. The number of nitrogens with one attached hydrogen (secondary N) is 2. The molecule has 1 aliphatic heterocycles. The predicted octanol–water partition coefficient (Wildman–Crippen LogP) is 2.40. The van der Waals surface area contributed by atoms with E-state index in [0.717, 1.165) is 49.2 Å². The highest BCUT2D eigenvalue weighted by Crippen LogP contribution is 2.32. The number of benzene rings is 1. The van der Waals surface area contributed by atoms with Gasteiger partial charge in [0.05, 0.1) is 13.2 Å². The Bertz CT molecular complexity index is 511. The van der Waals surface area contributed by atoms with Gasteiger partial charge in [-0.1, -0.05) is 6.92 Å². The molecule has 1 aromatic carbocycles. The van der Waals surface area contributed by atoms with Crippen molar-refractivity contribution in [2.75, 3.05) is 52.3 Å². The number of anilines is 1. The van der Waals surface area contributed by atoms with Crippen LogP contribution < -0.4 is 20.1 Å². The normalized spacial score (nSPS) is 14.0. The highest BCUT2D eigenvalue weighted by atomic mass is 127. The lowest BCUT2D eigenvalue weighted by Gasteiger charge is -2.17. The van der Waals surface area contributed by atoms with E-state index >= 15 is 0 Å². The van der Waals surface area contributed by atoms with Gasteiger partial charge in [0, 0.05) is 38.3 Å². The maximum atomic E-state index is 5.70. The Morgan fingerprint density at radius 3 is 2.70 bits per heavy atom. The van der Waals surface area contributed by atoms with E-state index in [0.29, 0.717) is 13.2 Å². The first-order valence-corrected chi connectivity index (χ1v) is 7.78. The fourth-order valence-corrected chi connectivity index (χ4v) is 2.08. The number of rotatable bonds is 5. The molecule has 0 saturated carbocycles. The molecule has 6 nitrogen and oxygen atoms in total. The Hall–Kier alpha value is -1.22. The van der Waals surface area contributed by atoms with Gasteiger partial charge in [-0.2, -0.15) is 0 Å². The molecule has 1 aromatic rings. The van der Waals surface area contributed by atoms with Crippen LogP contribution >= 0.6 is 24.0 Å². The van der Waals surface area contributed by atoms with Crippen LogP contribution in [0.5, 0.6) is 11.5 Å². The van der Waals surface area contributed by atoms with Crippen molar-refractivity contribution in [1.29, 1.82) is 0 Å². The van der Waals surface area contributed by atoms with E-state index in [1.807, 2.05) is 18.2 Å². The van der Waals surface area contributed by atoms with Crippen molar-refractivity contribution >= 4 is 35.6 Å². The van der Waals surface area contributed by atoms with E-state index in [9.17, 15) is 0 Å². The van der Waals surface area contributed by atoms with Crippen LogP contribution in [-0.4, -0.2) is 57.8 Å². The summed E-state index contributed by atoms with van der Waals surface area (Å²) in [6.07, 6.45) is 0.908. The molecular weight excluding hydrogens is 407 g/mol. The van der Waals surface area contributed by atoms with Crippen molar-refractivity contribution in [3.8, 4) is 11.5 Å². The first kappa shape index (κ1) is 19.8. The minimum atomic E-state index is 0. The quantitative estimate of drug-likeness (QED) is 0.424. The number of halogens is 1. The lowest BCUT2D eigenvalue weighted by atomic mass is 10.3. The van der Waals surface area contributed by atoms with Crippen LogP contribution in [0.2, 0.25) is 0 Å². The fourth-order valence-electron chi connectivity index (χ4n) is 2.08. The van der Waals surface area contributed by atoms with Gasteiger partial charge in [0.15, 0.2) is 17.5 Å². The summed E-state index contributed by atoms with van der Waals surface area (Å²) >= 11 is 0. The van der Waals surface area contributed by atoms with Gasteiger partial charge < -0.3 is 25.0 Å². The third kappa shape index (κ3) is 6.42. The average Bonchev–Trinajstić information content (AvgIpc) is 2.78. The Labute approximate surface area is 155 Å². The zero-order valence-electron chi connectivity index (χ0n) is 14.1. The molecule has 0 aliphatic carbocycles. The Kier molecular flexibility index (Phi) is 9.08. The summed E-state index contributed by atoms with van der Waals surface area (Å²) in [5.41, 5.74) is 0.932. The SMILES string of the molecule is CCN(C)CCNC(=NC)Nc1ccc2c(c1)OCCCO2.I. The summed E-state index contributed by atoms with van der Waals surface area (Å²) in [5.74, 6) is 2.33. The molecule has 0 unspecified atom stereocenters. The first-order chi connectivity index (χ1) is 10.7. The van der Waals surface area contributed by atoms with Crippen LogP contribution in [-0.2, 0) is 0 Å². The lowest BCUT2D eigenvalue weighted by Crippen LogP contribution is -2.36. The van der Waals surface area contributed by atoms with Gasteiger partial charge in [-0.15, -0.1) is 24.0 Å². The summed E-state index contributed by atoms with van der Waals surface area (Å²) in [4.78, 5) is 6.48. The van der Waals surface area contributed by atoms with Gasteiger partial charge in [0.25, 0.3) is 0 Å². The van der Waals surface area contributed by atoms with E-state index in [4.69, 9.17) is 9.47 Å². The molecule has 0 aromatic heterocycles. The van der Waals surface area contributed by atoms with Crippen LogP contribution in [0.25, 0.3) is 0 Å². The molecular formula is C16H27IN4O2. The van der Waals surface area contributed by atoms with Crippen molar-refractivity contribution < 1.29 is 9.47 Å². The molecule has 0 amide bonds. The molecule has 1 aliphatic rings. The minimum absolute atomic E-state index is 0. The number of likely N-dealkylation sites (N-methyl/N-ethyl adjacent to an activating group) is 1. The molecule has 1 heterocycles. The largest absolute Gasteiger partial charge is 0.490 e. The van der Waals surface area contributed by atoms with Crippen molar-refractivity contribution in [2.24, 2.45) is 4.99 Å². The second-order valence-electron chi connectivity index (χ2n) is 5.23. The van der Waals surface area contributed by atoms with Crippen LogP contribution in [0.1, 0.15) is 13.3 Å². The summed E-state index contributed by atoms with van der Waals surface area (Å²) in [6.45, 7) is 6.38. The highest BCUT2D eigenvalue weighted by Gasteiger charge is 2.11. The maximum Gasteiger partial charge on any atom is 0.195 e. The van der Waals surface area contributed by atoms with Crippen LogP contribution in [0.3, 0.4) is 0 Å². The summed E-state index contributed by atoms with van der Waals surface area (Å²) < 4.78 is 11.3. The number of nitrogens with zero attached hydrogens (tertiary/aromatic N) is 2. The van der Waals surface area contributed by atoms with Gasteiger partial charge in [-0.3, -0.25) is 4.99 Å². The topological polar surface area (TPSA) is 58.1 Å². The average molecular weight is 434 g/mol. The third-order valence-electron chi connectivity index (χ3n) is 3.56. The van der Waals surface area contributed by atoms with E-state index in [1.54, 1.807) is 7.05 Å². The molecule has 7 heteroatoms. The van der Waals surface area contributed by atoms with E-state index < -0.39 is 0 Å². The summed E-state index contributed by atoms with van der Waals surface area (Å²) in [7, 11) is 3.86. The van der Waals surface area contributed by atoms with Crippen molar-refractivity contribution in [3.63, 3.8) is 0 Å². The number of hydrogen-bond donors (Lipinski definition) is 2. The number of ether oxygens (including phenoxy) is 2. The highest BCUT2D eigenvalue weighted by molar-refractivity contribution is 14.0. The molecule has 130 valence electrons. The second kappa shape index (κ2) is 10.5. The second-order valence-corrected chi connectivity index (χ2v) is 5.23. The molecule has 0 radical (unpaired) electrons. The molecule has 23 heavy (non-hydrogen) atoms. The summed E-state index contributed by atoms with van der Waals surface area (Å²) in [6, 6.07) is 5.85. The predicted molar refractivity (Wildman–Crippen MR) is 106 cm³/mol. The Morgan fingerprint density at radius 2 is 2.00 bits per heavy atom.